The molecule has 112 valence electrons. The molecule has 0 radical (unpaired) electrons. The molecule has 0 spiro atoms. The number of ether oxygens (including phenoxy) is 2. The fourth-order valence-electron chi connectivity index (χ4n) is 2.16. The minimum absolute atomic E-state index is 0.333. The Labute approximate surface area is 124 Å². The molecule has 1 aromatic carbocycles. The number of nitrogens with zero attached hydrogens (tertiary/aromatic N) is 1. The van der Waals surface area contributed by atoms with E-state index in [1.807, 2.05) is 18.2 Å². The second-order valence-electron chi connectivity index (χ2n) is 4.52. The number of aromatic nitrogens is 1. The molecule has 1 heterocycles. The molecule has 0 atom stereocenters. The number of hydrogen-bond donors (Lipinski definition) is 1. The van der Waals surface area contributed by atoms with Gasteiger partial charge in [0.15, 0.2) is 0 Å². The minimum Gasteiger partial charge on any atom is -0.491 e. The van der Waals surface area contributed by atoms with Crippen LogP contribution >= 0.6 is 0 Å². The summed E-state index contributed by atoms with van der Waals surface area (Å²) < 4.78 is 10.8. The molecule has 0 aliphatic rings. The molecule has 0 aliphatic carbocycles. The van der Waals surface area contributed by atoms with Crippen molar-refractivity contribution in [3.05, 3.63) is 30.0 Å². The molecule has 1 aromatic heterocycles. The van der Waals surface area contributed by atoms with Crippen LogP contribution in [0.2, 0.25) is 0 Å². The highest BCUT2D eigenvalue weighted by molar-refractivity contribution is 6.06. The normalized spacial score (nSPS) is 10.4. The van der Waals surface area contributed by atoms with Gasteiger partial charge in [-0.3, -0.25) is 4.98 Å². The van der Waals surface area contributed by atoms with Crippen LogP contribution in [0, 0.1) is 0 Å². The van der Waals surface area contributed by atoms with Crippen molar-refractivity contribution in [2.24, 2.45) is 0 Å². The molecule has 5 heteroatoms. The van der Waals surface area contributed by atoms with Crippen molar-refractivity contribution in [3.63, 3.8) is 0 Å². The van der Waals surface area contributed by atoms with E-state index >= 15 is 0 Å². The van der Waals surface area contributed by atoms with Crippen molar-refractivity contribution < 1.29 is 14.3 Å². The zero-order valence-electron chi connectivity index (χ0n) is 12.6. The van der Waals surface area contributed by atoms with E-state index < -0.39 is 0 Å². The Balaban J connectivity index is 2.55. The van der Waals surface area contributed by atoms with Crippen molar-refractivity contribution in [2.75, 3.05) is 25.6 Å². The summed E-state index contributed by atoms with van der Waals surface area (Å²) in [6.07, 6.45) is 2.46. The Hall–Kier alpha value is -2.30. The fourth-order valence-corrected chi connectivity index (χ4v) is 2.16. The van der Waals surface area contributed by atoms with Gasteiger partial charge in [-0.1, -0.05) is 19.1 Å². The molecule has 0 bridgehead atoms. The van der Waals surface area contributed by atoms with Crippen molar-refractivity contribution in [1.82, 2.24) is 4.98 Å². The average molecular weight is 288 g/mol. The maximum Gasteiger partial charge on any atom is 0.341 e. The van der Waals surface area contributed by atoms with Gasteiger partial charge in [-0.15, -0.1) is 0 Å². The third-order valence-electron chi connectivity index (χ3n) is 3.07. The van der Waals surface area contributed by atoms with Gasteiger partial charge in [-0.05, 0) is 19.4 Å². The second kappa shape index (κ2) is 6.92. The van der Waals surface area contributed by atoms with E-state index in [4.69, 9.17) is 9.47 Å². The predicted molar refractivity (Wildman–Crippen MR) is 83.0 cm³/mol. The monoisotopic (exact) mass is 288 g/mol. The molecule has 2 rings (SSSR count). The average Bonchev–Trinajstić information content (AvgIpc) is 2.51. The number of carbonyl (C=O) groups is 1. The molecule has 0 fully saturated rings. The highest BCUT2D eigenvalue weighted by Gasteiger charge is 2.17. The van der Waals surface area contributed by atoms with Crippen LogP contribution in [0.15, 0.2) is 24.4 Å². The Kier molecular flexibility index (Phi) is 4.98. The quantitative estimate of drug-likeness (QED) is 0.827. The number of pyridine rings is 1. The van der Waals surface area contributed by atoms with Gasteiger partial charge in [0.1, 0.15) is 16.8 Å². The van der Waals surface area contributed by atoms with Gasteiger partial charge in [-0.25, -0.2) is 4.79 Å². The number of hydrogen-bond acceptors (Lipinski definition) is 5. The molecule has 0 amide bonds. The summed E-state index contributed by atoms with van der Waals surface area (Å²) in [5.41, 5.74) is 1.88. The van der Waals surface area contributed by atoms with Gasteiger partial charge in [0, 0.05) is 18.6 Å². The van der Waals surface area contributed by atoms with E-state index in [0.29, 0.717) is 24.5 Å². The van der Waals surface area contributed by atoms with Crippen molar-refractivity contribution in [1.29, 1.82) is 0 Å². The van der Waals surface area contributed by atoms with E-state index in [9.17, 15) is 4.79 Å². The lowest BCUT2D eigenvalue weighted by molar-refractivity contribution is 0.0527. The van der Waals surface area contributed by atoms with Crippen molar-refractivity contribution in [2.45, 2.75) is 20.3 Å². The zero-order chi connectivity index (χ0) is 15.2. The molecule has 0 saturated heterocycles. The van der Waals surface area contributed by atoms with Gasteiger partial charge in [-0.2, -0.15) is 0 Å². The van der Waals surface area contributed by atoms with Crippen LogP contribution in [0.4, 0.5) is 5.69 Å². The van der Waals surface area contributed by atoms with Crippen LogP contribution in [0.3, 0.4) is 0 Å². The number of fused-ring (bicyclic) bond motifs is 1. The summed E-state index contributed by atoms with van der Waals surface area (Å²) in [5, 5.41) is 3.91. The van der Waals surface area contributed by atoms with Gasteiger partial charge < -0.3 is 14.8 Å². The van der Waals surface area contributed by atoms with Crippen LogP contribution in [0.5, 0.6) is 5.75 Å². The summed E-state index contributed by atoms with van der Waals surface area (Å²) >= 11 is 0. The number of rotatable bonds is 6. The van der Waals surface area contributed by atoms with Crippen LogP contribution in [-0.4, -0.2) is 31.2 Å². The number of nitrogens with one attached hydrogen (secondary N) is 1. The first kappa shape index (κ1) is 15.1. The predicted octanol–water partition coefficient (Wildman–Crippen LogP) is 3.24. The largest absolute Gasteiger partial charge is 0.491 e. The highest BCUT2D eigenvalue weighted by Crippen LogP contribution is 2.31. The van der Waals surface area contributed by atoms with Crippen LogP contribution in [0.1, 0.15) is 30.6 Å². The first-order valence-corrected chi connectivity index (χ1v) is 7.12. The summed E-state index contributed by atoms with van der Waals surface area (Å²) in [5.74, 6) is 0.345. The molecule has 1 N–H and O–H groups in total. The SMILES string of the molecule is CCCOc1cccc2c(NC)c(C(=O)OCC)cnc12. The van der Waals surface area contributed by atoms with E-state index in [2.05, 4.69) is 17.2 Å². The first-order chi connectivity index (χ1) is 10.2. The summed E-state index contributed by atoms with van der Waals surface area (Å²) in [7, 11) is 1.77. The van der Waals surface area contributed by atoms with Crippen molar-refractivity contribution in [3.8, 4) is 5.75 Å². The molecular formula is C16H20N2O3. The second-order valence-corrected chi connectivity index (χ2v) is 4.52. The Morgan fingerprint density at radius 1 is 1.33 bits per heavy atom. The molecule has 0 saturated carbocycles. The maximum absolute atomic E-state index is 12.0. The lowest BCUT2D eigenvalue weighted by Crippen LogP contribution is -2.09. The fraction of sp³-hybridized carbons (Fsp3) is 0.375. The summed E-state index contributed by atoms with van der Waals surface area (Å²) in [4.78, 5) is 16.4. The minimum atomic E-state index is -0.379. The van der Waals surface area contributed by atoms with Gasteiger partial charge in [0.25, 0.3) is 0 Å². The van der Waals surface area contributed by atoms with E-state index in [1.165, 1.54) is 6.20 Å². The van der Waals surface area contributed by atoms with Gasteiger partial charge in [0.05, 0.1) is 18.9 Å². The Bertz CT molecular complexity index is 641. The summed E-state index contributed by atoms with van der Waals surface area (Å²) in [6, 6.07) is 5.69. The third kappa shape index (κ3) is 3.07. The standard InChI is InChI=1S/C16H20N2O3/c1-4-9-21-13-8-6-7-11-14(17-3)12(10-18-15(11)13)16(19)20-5-2/h6-8,10H,4-5,9H2,1-3H3,(H,17,18). The van der Waals surface area contributed by atoms with Crippen LogP contribution < -0.4 is 10.1 Å². The number of para-hydroxylation sites is 1. The van der Waals surface area contributed by atoms with Gasteiger partial charge in [0.2, 0.25) is 0 Å². The molecule has 0 aliphatic heterocycles. The topological polar surface area (TPSA) is 60.5 Å². The number of carbonyl (C=O) groups excluding carboxylic acids is 1. The molecule has 5 nitrogen and oxygen atoms in total. The first-order valence-electron chi connectivity index (χ1n) is 7.12. The van der Waals surface area contributed by atoms with E-state index in [0.717, 1.165) is 23.1 Å². The molecule has 21 heavy (non-hydrogen) atoms. The number of esters is 1. The van der Waals surface area contributed by atoms with Crippen LogP contribution in [0.25, 0.3) is 10.9 Å². The van der Waals surface area contributed by atoms with Gasteiger partial charge >= 0.3 is 5.97 Å². The third-order valence-corrected chi connectivity index (χ3v) is 3.07. The molecule has 2 aromatic rings. The van der Waals surface area contributed by atoms with Crippen molar-refractivity contribution >= 4 is 22.6 Å². The number of benzene rings is 1. The lowest BCUT2D eigenvalue weighted by atomic mass is 10.1. The van der Waals surface area contributed by atoms with Crippen LogP contribution in [-0.2, 0) is 4.74 Å². The Morgan fingerprint density at radius 3 is 2.81 bits per heavy atom. The highest BCUT2D eigenvalue weighted by atomic mass is 16.5. The van der Waals surface area contributed by atoms with E-state index in [-0.39, 0.29) is 5.97 Å². The zero-order valence-corrected chi connectivity index (χ0v) is 12.6. The Morgan fingerprint density at radius 2 is 2.14 bits per heavy atom. The number of anilines is 1. The lowest BCUT2D eigenvalue weighted by Gasteiger charge is -2.13. The molecular weight excluding hydrogens is 268 g/mol. The smallest absolute Gasteiger partial charge is 0.341 e. The molecule has 0 unspecified atom stereocenters. The summed E-state index contributed by atoms with van der Waals surface area (Å²) in [6.45, 7) is 4.80. The maximum atomic E-state index is 12.0. The van der Waals surface area contributed by atoms with E-state index in [1.54, 1.807) is 14.0 Å².